The van der Waals surface area contributed by atoms with E-state index in [0.717, 1.165) is 29.5 Å². The summed E-state index contributed by atoms with van der Waals surface area (Å²) in [6.07, 6.45) is 3.55. The van der Waals surface area contributed by atoms with Gasteiger partial charge < -0.3 is 15.4 Å². The first kappa shape index (κ1) is 23.1. The lowest BCUT2D eigenvalue weighted by molar-refractivity contribution is 0.285. The van der Waals surface area contributed by atoms with Crippen molar-refractivity contribution in [2.45, 2.75) is 38.1 Å². The van der Waals surface area contributed by atoms with Gasteiger partial charge >= 0.3 is 0 Å². The number of nitrogens with one attached hydrogen (secondary N) is 2. The van der Waals surface area contributed by atoms with Crippen LogP contribution in [0.3, 0.4) is 0 Å². The Bertz CT molecular complexity index is 1020. The Morgan fingerprint density at radius 2 is 1.87 bits per heavy atom. The number of guanidine groups is 1. The van der Waals surface area contributed by atoms with Crippen molar-refractivity contribution in [1.82, 2.24) is 10.6 Å². The summed E-state index contributed by atoms with van der Waals surface area (Å²) in [5.41, 5.74) is 2.55. The van der Waals surface area contributed by atoms with Gasteiger partial charge in [0, 0.05) is 19.8 Å². The summed E-state index contributed by atoms with van der Waals surface area (Å²) in [5, 5.41) is 6.48. The number of hydrogen-bond donors (Lipinski definition) is 2. The molecule has 0 radical (unpaired) electrons. The monoisotopic (exact) mass is 447 g/mol. The molecule has 2 aromatic carbocycles. The average molecular weight is 448 g/mol. The molecule has 0 saturated heterocycles. The number of aliphatic imine (C=N–C) groups is 1. The summed E-state index contributed by atoms with van der Waals surface area (Å²) in [7, 11) is -1.38. The second-order valence-corrected chi connectivity index (χ2v) is 10.3. The smallest absolute Gasteiger partial charge is 0.191 e. The number of hydrogen-bond acceptors (Lipinski definition) is 4. The van der Waals surface area contributed by atoms with Crippen molar-refractivity contribution in [3.63, 3.8) is 0 Å². The van der Waals surface area contributed by atoms with E-state index in [1.165, 1.54) is 12.3 Å². The zero-order valence-corrected chi connectivity index (χ0v) is 19.0. The zero-order valence-electron chi connectivity index (χ0n) is 18.2. The second kappa shape index (κ2) is 10.1. The van der Waals surface area contributed by atoms with Gasteiger partial charge in [0.25, 0.3) is 0 Å². The third-order valence-corrected chi connectivity index (χ3v) is 5.97. The maximum absolute atomic E-state index is 14.4. The fraction of sp³-hybridized carbons (Fsp3) is 0.435. The van der Waals surface area contributed by atoms with Crippen molar-refractivity contribution in [2.24, 2.45) is 10.9 Å². The van der Waals surface area contributed by atoms with E-state index in [2.05, 4.69) is 15.6 Å². The van der Waals surface area contributed by atoms with E-state index in [-0.39, 0.29) is 17.6 Å². The average Bonchev–Trinajstić information content (AvgIpc) is 3.54. The van der Waals surface area contributed by atoms with E-state index in [0.29, 0.717) is 30.8 Å². The summed E-state index contributed by atoms with van der Waals surface area (Å²) in [4.78, 5) is 4.23. The highest BCUT2D eigenvalue weighted by Crippen LogP contribution is 2.30. The highest BCUT2D eigenvalue weighted by molar-refractivity contribution is 7.89. The van der Waals surface area contributed by atoms with Crippen LogP contribution in [0.2, 0.25) is 0 Å². The molecule has 0 bridgehead atoms. The molecule has 0 spiro atoms. The van der Waals surface area contributed by atoms with Crippen molar-refractivity contribution < 1.29 is 17.5 Å². The van der Waals surface area contributed by atoms with E-state index in [1.54, 1.807) is 13.1 Å². The van der Waals surface area contributed by atoms with Crippen LogP contribution < -0.4 is 15.4 Å². The SMILES string of the molecule is CN=C(NCc1ccc(CS(C)(=O)=O)cc1)NC(C)c1ccc(OCC2CC2)c(F)c1. The lowest BCUT2D eigenvalue weighted by atomic mass is 10.1. The van der Waals surface area contributed by atoms with E-state index in [4.69, 9.17) is 4.74 Å². The lowest BCUT2D eigenvalue weighted by Crippen LogP contribution is -2.38. The Balaban J connectivity index is 1.52. The predicted octanol–water partition coefficient (Wildman–Crippen LogP) is 3.59. The number of sulfone groups is 1. The molecule has 3 rings (SSSR count). The van der Waals surface area contributed by atoms with Gasteiger partial charge in [0.1, 0.15) is 0 Å². The molecule has 1 atom stereocenters. The lowest BCUT2D eigenvalue weighted by Gasteiger charge is -2.19. The molecule has 0 aromatic heterocycles. The van der Waals surface area contributed by atoms with Gasteiger partial charge in [0.05, 0.1) is 18.4 Å². The molecule has 1 unspecified atom stereocenters. The number of rotatable bonds is 9. The van der Waals surface area contributed by atoms with Gasteiger partial charge in [-0.1, -0.05) is 30.3 Å². The van der Waals surface area contributed by atoms with E-state index >= 15 is 0 Å². The van der Waals surface area contributed by atoms with Crippen LogP contribution >= 0.6 is 0 Å². The highest BCUT2D eigenvalue weighted by Gasteiger charge is 2.22. The molecule has 1 saturated carbocycles. The quantitative estimate of drug-likeness (QED) is 0.454. The Hall–Kier alpha value is -2.61. The van der Waals surface area contributed by atoms with Gasteiger partial charge in [-0.05, 0) is 54.5 Å². The fourth-order valence-corrected chi connectivity index (χ4v) is 3.92. The predicted molar refractivity (Wildman–Crippen MR) is 121 cm³/mol. The Labute approximate surface area is 183 Å². The molecule has 2 aromatic rings. The third kappa shape index (κ3) is 7.54. The zero-order chi connectivity index (χ0) is 22.4. The van der Waals surface area contributed by atoms with Crippen molar-refractivity contribution in [2.75, 3.05) is 19.9 Å². The fourth-order valence-electron chi connectivity index (χ4n) is 3.12. The van der Waals surface area contributed by atoms with E-state index < -0.39 is 9.84 Å². The molecule has 31 heavy (non-hydrogen) atoms. The first-order valence-electron chi connectivity index (χ1n) is 10.4. The van der Waals surface area contributed by atoms with Crippen LogP contribution in [0, 0.1) is 11.7 Å². The van der Waals surface area contributed by atoms with Crippen molar-refractivity contribution in [1.29, 1.82) is 0 Å². The minimum absolute atomic E-state index is 0.0302. The van der Waals surface area contributed by atoms with Crippen molar-refractivity contribution >= 4 is 15.8 Å². The molecular weight excluding hydrogens is 417 g/mol. The third-order valence-electron chi connectivity index (χ3n) is 5.12. The molecule has 8 heteroatoms. The van der Waals surface area contributed by atoms with Crippen LogP contribution in [-0.2, 0) is 22.1 Å². The van der Waals surface area contributed by atoms with Crippen LogP contribution in [0.15, 0.2) is 47.5 Å². The van der Waals surface area contributed by atoms with Crippen molar-refractivity contribution in [3.8, 4) is 5.75 Å². The van der Waals surface area contributed by atoms with Crippen molar-refractivity contribution in [3.05, 3.63) is 65.0 Å². The minimum atomic E-state index is -3.05. The molecule has 168 valence electrons. The first-order chi connectivity index (χ1) is 14.7. The highest BCUT2D eigenvalue weighted by atomic mass is 32.2. The molecule has 0 amide bonds. The Morgan fingerprint density at radius 1 is 1.19 bits per heavy atom. The molecular formula is C23H30FN3O3S. The molecule has 6 nitrogen and oxygen atoms in total. The number of benzene rings is 2. The second-order valence-electron chi connectivity index (χ2n) is 8.12. The molecule has 1 aliphatic rings. The summed E-state index contributed by atoms with van der Waals surface area (Å²) >= 11 is 0. The topological polar surface area (TPSA) is 79.8 Å². The molecule has 2 N–H and O–H groups in total. The maximum atomic E-state index is 14.4. The molecule has 0 heterocycles. The van der Waals surface area contributed by atoms with Gasteiger partial charge in [-0.25, -0.2) is 12.8 Å². The largest absolute Gasteiger partial charge is 0.490 e. The van der Waals surface area contributed by atoms with Gasteiger partial charge in [-0.3, -0.25) is 4.99 Å². The van der Waals surface area contributed by atoms with Gasteiger partial charge in [0.2, 0.25) is 0 Å². The molecule has 1 fully saturated rings. The Morgan fingerprint density at radius 3 is 2.45 bits per heavy atom. The normalized spacial score (nSPS) is 15.4. The first-order valence-corrected chi connectivity index (χ1v) is 12.4. The van der Waals surface area contributed by atoms with Crippen LogP contribution in [0.1, 0.15) is 42.5 Å². The summed E-state index contributed by atoms with van der Waals surface area (Å²) in [6.45, 7) is 3.04. The van der Waals surface area contributed by atoms with Crippen LogP contribution in [0.5, 0.6) is 5.75 Å². The van der Waals surface area contributed by atoms with Crippen LogP contribution in [0.4, 0.5) is 4.39 Å². The number of ether oxygens (including phenoxy) is 1. The standard InChI is InChI=1S/C23H30FN3O3S/c1-16(20-10-11-22(21(24)12-20)30-14-18-6-7-18)27-23(25-2)26-13-17-4-8-19(9-5-17)15-31(3,28)29/h4-5,8-12,16,18H,6-7,13-15H2,1-3H3,(H2,25,26,27). The summed E-state index contributed by atoms with van der Waals surface area (Å²) < 4.78 is 42.7. The maximum Gasteiger partial charge on any atom is 0.191 e. The Kier molecular flexibility index (Phi) is 7.54. The van der Waals surface area contributed by atoms with E-state index in [9.17, 15) is 12.8 Å². The van der Waals surface area contributed by atoms with Crippen LogP contribution in [0.25, 0.3) is 0 Å². The molecule has 1 aliphatic carbocycles. The van der Waals surface area contributed by atoms with Gasteiger partial charge in [-0.2, -0.15) is 0 Å². The summed E-state index contributed by atoms with van der Waals surface area (Å²) in [5.74, 6) is 1.13. The van der Waals surface area contributed by atoms with E-state index in [1.807, 2.05) is 37.3 Å². The van der Waals surface area contributed by atoms with Crippen LogP contribution in [-0.4, -0.2) is 34.3 Å². The summed E-state index contributed by atoms with van der Waals surface area (Å²) in [6, 6.07) is 12.3. The van der Waals surface area contributed by atoms with Gasteiger partial charge in [0.15, 0.2) is 27.4 Å². The number of nitrogens with zero attached hydrogens (tertiary/aromatic N) is 1. The number of halogens is 1. The minimum Gasteiger partial charge on any atom is -0.490 e. The van der Waals surface area contributed by atoms with Gasteiger partial charge in [-0.15, -0.1) is 0 Å². The molecule has 0 aliphatic heterocycles.